The molecular weight excluding hydrogens is 331 g/mol. The number of benzene rings is 2. The molecule has 0 aliphatic rings. The summed E-state index contributed by atoms with van der Waals surface area (Å²) in [5.74, 6) is 0.410. The van der Waals surface area contributed by atoms with Crippen LogP contribution < -0.4 is 16.0 Å². The van der Waals surface area contributed by atoms with Crippen LogP contribution in [0.1, 0.15) is 30.9 Å². The molecular formula is C20H25FN4O. The number of nitrogens with one attached hydrogen (secondary N) is 3. The van der Waals surface area contributed by atoms with E-state index in [1.807, 2.05) is 37.3 Å². The summed E-state index contributed by atoms with van der Waals surface area (Å²) in [4.78, 5) is 15.8. The van der Waals surface area contributed by atoms with Gasteiger partial charge in [-0.3, -0.25) is 9.79 Å². The third-order valence-electron chi connectivity index (χ3n) is 3.75. The second-order valence-electron chi connectivity index (χ2n) is 5.90. The number of anilines is 1. The highest BCUT2D eigenvalue weighted by Crippen LogP contribution is 2.10. The van der Waals surface area contributed by atoms with Crippen LogP contribution in [0.25, 0.3) is 0 Å². The van der Waals surface area contributed by atoms with Gasteiger partial charge in [-0.15, -0.1) is 0 Å². The van der Waals surface area contributed by atoms with Gasteiger partial charge in [0.25, 0.3) is 0 Å². The number of nitrogens with zero attached hydrogens (tertiary/aromatic N) is 1. The molecule has 0 bridgehead atoms. The van der Waals surface area contributed by atoms with Crippen molar-refractivity contribution in [3.8, 4) is 0 Å². The molecule has 26 heavy (non-hydrogen) atoms. The van der Waals surface area contributed by atoms with E-state index < -0.39 is 0 Å². The molecule has 0 aromatic heterocycles. The molecule has 2 aromatic rings. The van der Waals surface area contributed by atoms with Crippen LogP contribution in [0.3, 0.4) is 0 Å². The van der Waals surface area contributed by atoms with Gasteiger partial charge in [-0.2, -0.15) is 0 Å². The lowest BCUT2D eigenvalue weighted by Gasteiger charge is -2.12. The Hall–Kier alpha value is -2.89. The second kappa shape index (κ2) is 10.2. The highest BCUT2D eigenvalue weighted by atomic mass is 19.1. The predicted octanol–water partition coefficient (Wildman–Crippen LogP) is 3.43. The number of carbonyl (C=O) groups excluding carboxylic acids is 1. The lowest BCUT2D eigenvalue weighted by molar-refractivity contribution is -0.116. The zero-order chi connectivity index (χ0) is 18.8. The number of carbonyl (C=O) groups is 1. The van der Waals surface area contributed by atoms with Gasteiger partial charge < -0.3 is 16.0 Å². The number of halogens is 1. The summed E-state index contributed by atoms with van der Waals surface area (Å²) >= 11 is 0. The van der Waals surface area contributed by atoms with Crippen molar-refractivity contribution in [2.45, 2.75) is 32.9 Å². The van der Waals surface area contributed by atoms with Crippen molar-refractivity contribution in [3.63, 3.8) is 0 Å². The Morgan fingerprint density at radius 1 is 1.04 bits per heavy atom. The van der Waals surface area contributed by atoms with Gasteiger partial charge in [0.1, 0.15) is 5.82 Å². The van der Waals surface area contributed by atoms with Gasteiger partial charge >= 0.3 is 0 Å². The summed E-state index contributed by atoms with van der Waals surface area (Å²) < 4.78 is 13.2. The minimum atomic E-state index is -0.252. The van der Waals surface area contributed by atoms with E-state index in [0.717, 1.165) is 23.2 Å². The predicted molar refractivity (Wildman–Crippen MR) is 103 cm³/mol. The summed E-state index contributed by atoms with van der Waals surface area (Å²) in [6.07, 6.45) is 1.35. The Balaban J connectivity index is 1.81. The van der Waals surface area contributed by atoms with Crippen LogP contribution in [0.2, 0.25) is 0 Å². The molecule has 2 rings (SSSR count). The first-order chi connectivity index (χ1) is 12.6. The van der Waals surface area contributed by atoms with Gasteiger partial charge in [-0.25, -0.2) is 4.39 Å². The number of hydrogen-bond donors (Lipinski definition) is 3. The van der Waals surface area contributed by atoms with Gasteiger partial charge in [0, 0.05) is 32.2 Å². The van der Waals surface area contributed by atoms with Crippen LogP contribution in [0.4, 0.5) is 10.1 Å². The molecule has 0 saturated carbocycles. The number of hydrogen-bond acceptors (Lipinski definition) is 2. The third-order valence-corrected chi connectivity index (χ3v) is 3.75. The van der Waals surface area contributed by atoms with Gasteiger partial charge in [0.2, 0.25) is 5.91 Å². The van der Waals surface area contributed by atoms with Crippen LogP contribution in [0, 0.1) is 5.82 Å². The fraction of sp³-hybridized carbons (Fsp3) is 0.300. The largest absolute Gasteiger partial charge is 0.352 e. The van der Waals surface area contributed by atoms with Crippen LogP contribution in [-0.2, 0) is 17.9 Å². The summed E-state index contributed by atoms with van der Waals surface area (Å²) in [6.45, 7) is 3.05. The van der Waals surface area contributed by atoms with Crippen molar-refractivity contribution in [3.05, 3.63) is 65.5 Å². The van der Waals surface area contributed by atoms with Crippen molar-refractivity contribution in [2.24, 2.45) is 4.99 Å². The van der Waals surface area contributed by atoms with Gasteiger partial charge in [0.15, 0.2) is 5.96 Å². The fourth-order valence-corrected chi connectivity index (χ4v) is 2.40. The number of guanidine groups is 1. The molecule has 0 aliphatic carbocycles. The van der Waals surface area contributed by atoms with E-state index >= 15 is 0 Å². The molecule has 0 unspecified atom stereocenters. The van der Waals surface area contributed by atoms with E-state index in [4.69, 9.17) is 0 Å². The molecule has 2 aromatic carbocycles. The summed E-state index contributed by atoms with van der Waals surface area (Å²) in [5.41, 5.74) is 2.70. The average molecular weight is 356 g/mol. The normalized spacial score (nSPS) is 11.1. The van der Waals surface area contributed by atoms with Crippen molar-refractivity contribution in [1.29, 1.82) is 0 Å². The Morgan fingerprint density at radius 3 is 2.35 bits per heavy atom. The highest BCUT2D eigenvalue weighted by molar-refractivity contribution is 5.90. The molecule has 138 valence electrons. The minimum Gasteiger partial charge on any atom is -0.352 e. The van der Waals surface area contributed by atoms with Crippen molar-refractivity contribution in [2.75, 3.05) is 12.4 Å². The summed E-state index contributed by atoms with van der Waals surface area (Å²) in [7, 11) is 1.69. The smallest absolute Gasteiger partial charge is 0.224 e. The third kappa shape index (κ3) is 6.55. The van der Waals surface area contributed by atoms with Crippen LogP contribution in [0.5, 0.6) is 0 Å². The quantitative estimate of drug-likeness (QED) is 0.526. The van der Waals surface area contributed by atoms with Crippen LogP contribution in [0.15, 0.2) is 53.5 Å². The Kier molecular flexibility index (Phi) is 7.61. The lowest BCUT2D eigenvalue weighted by atomic mass is 10.2. The van der Waals surface area contributed by atoms with E-state index in [1.54, 1.807) is 13.1 Å². The number of aliphatic imine (C=N–C) groups is 1. The zero-order valence-corrected chi connectivity index (χ0v) is 15.2. The lowest BCUT2D eigenvalue weighted by Crippen LogP contribution is -2.36. The Bertz CT molecular complexity index is 744. The molecule has 0 aliphatic heterocycles. The molecule has 0 fully saturated rings. The molecule has 0 atom stereocenters. The summed E-state index contributed by atoms with van der Waals surface area (Å²) in [6, 6.07) is 14.1. The Morgan fingerprint density at radius 2 is 1.73 bits per heavy atom. The molecule has 6 heteroatoms. The topological polar surface area (TPSA) is 65.5 Å². The number of amides is 1. The van der Waals surface area contributed by atoms with Gasteiger partial charge in [-0.1, -0.05) is 31.2 Å². The molecule has 0 saturated heterocycles. The molecule has 5 nitrogen and oxygen atoms in total. The molecule has 0 spiro atoms. The minimum absolute atomic E-state index is 0.0281. The average Bonchev–Trinajstić information content (AvgIpc) is 2.63. The van der Waals surface area contributed by atoms with E-state index in [-0.39, 0.29) is 11.7 Å². The van der Waals surface area contributed by atoms with E-state index in [1.165, 1.54) is 12.1 Å². The van der Waals surface area contributed by atoms with E-state index in [9.17, 15) is 9.18 Å². The molecule has 3 N–H and O–H groups in total. The second-order valence-corrected chi connectivity index (χ2v) is 5.90. The number of rotatable bonds is 7. The monoisotopic (exact) mass is 356 g/mol. The maximum atomic E-state index is 13.2. The van der Waals surface area contributed by atoms with Gasteiger partial charge in [-0.05, 0) is 41.8 Å². The van der Waals surface area contributed by atoms with E-state index in [0.29, 0.717) is 25.5 Å². The first kappa shape index (κ1) is 19.4. The SMILES string of the molecule is CCCC(=O)Nc1ccc(CNC(=NC)NCc2cccc(F)c2)cc1. The fourth-order valence-electron chi connectivity index (χ4n) is 2.40. The van der Waals surface area contributed by atoms with Crippen molar-refractivity contribution < 1.29 is 9.18 Å². The first-order valence-corrected chi connectivity index (χ1v) is 8.68. The van der Waals surface area contributed by atoms with Crippen molar-refractivity contribution >= 4 is 17.6 Å². The molecule has 1 amide bonds. The maximum Gasteiger partial charge on any atom is 0.224 e. The Labute approximate surface area is 153 Å². The highest BCUT2D eigenvalue weighted by Gasteiger charge is 2.02. The molecule has 0 radical (unpaired) electrons. The van der Waals surface area contributed by atoms with Crippen LogP contribution in [-0.4, -0.2) is 18.9 Å². The van der Waals surface area contributed by atoms with Crippen molar-refractivity contribution in [1.82, 2.24) is 10.6 Å². The van der Waals surface area contributed by atoms with E-state index in [2.05, 4.69) is 20.9 Å². The van der Waals surface area contributed by atoms with Gasteiger partial charge in [0.05, 0.1) is 0 Å². The molecule has 0 heterocycles. The maximum absolute atomic E-state index is 13.2. The standard InChI is InChI=1S/C20H25FN4O/c1-3-5-19(26)25-18-10-8-15(9-11-18)13-23-20(22-2)24-14-16-6-4-7-17(21)12-16/h4,6-12H,3,5,13-14H2,1-2H3,(H,25,26)(H2,22,23,24). The first-order valence-electron chi connectivity index (χ1n) is 8.68. The zero-order valence-electron chi connectivity index (χ0n) is 15.2. The summed E-state index contributed by atoms with van der Waals surface area (Å²) in [5, 5.41) is 9.22. The van der Waals surface area contributed by atoms with Crippen LogP contribution >= 0.6 is 0 Å².